The van der Waals surface area contributed by atoms with E-state index in [4.69, 9.17) is 34.2 Å². The Morgan fingerprint density at radius 1 is 1.35 bits per heavy atom. The van der Waals surface area contributed by atoms with E-state index < -0.39 is 5.54 Å². The Hall–Kier alpha value is -1.35. The molecule has 1 aromatic heterocycles. The van der Waals surface area contributed by atoms with Crippen LogP contribution < -0.4 is 5.73 Å². The van der Waals surface area contributed by atoms with E-state index in [2.05, 4.69) is 10.2 Å². The lowest BCUT2D eigenvalue weighted by atomic mass is 10.1. The molecule has 0 saturated carbocycles. The zero-order valence-corrected chi connectivity index (χ0v) is 10.5. The third-order valence-corrected chi connectivity index (χ3v) is 2.91. The SMILES string of the molecule is CC(N)(C#N)Cn1nc2cc(Cl)c(Cl)cc2n1. The van der Waals surface area contributed by atoms with Crippen LogP contribution in [0, 0.1) is 11.3 Å². The van der Waals surface area contributed by atoms with E-state index in [1.807, 2.05) is 6.07 Å². The quantitative estimate of drug-likeness (QED) is 0.904. The summed E-state index contributed by atoms with van der Waals surface area (Å²) in [5.41, 5.74) is 5.94. The molecule has 0 saturated heterocycles. The molecule has 0 amide bonds. The van der Waals surface area contributed by atoms with Crippen molar-refractivity contribution < 1.29 is 0 Å². The molecule has 1 heterocycles. The van der Waals surface area contributed by atoms with E-state index in [1.165, 1.54) is 4.80 Å². The zero-order chi connectivity index (χ0) is 12.6. The molecule has 1 aromatic carbocycles. The van der Waals surface area contributed by atoms with Crippen LogP contribution in [0.2, 0.25) is 10.0 Å². The molecule has 0 radical (unpaired) electrons. The molecule has 0 spiro atoms. The van der Waals surface area contributed by atoms with Gasteiger partial charge in [0.15, 0.2) is 0 Å². The number of nitriles is 1. The summed E-state index contributed by atoms with van der Waals surface area (Å²) in [6.45, 7) is 1.81. The second kappa shape index (κ2) is 4.15. The summed E-state index contributed by atoms with van der Waals surface area (Å²) < 4.78 is 0. The van der Waals surface area contributed by atoms with Crippen molar-refractivity contribution in [3.63, 3.8) is 0 Å². The third kappa shape index (κ3) is 2.50. The van der Waals surface area contributed by atoms with Gasteiger partial charge in [-0.15, -0.1) is 0 Å². The second-order valence-electron chi connectivity index (χ2n) is 4.01. The topological polar surface area (TPSA) is 80.5 Å². The van der Waals surface area contributed by atoms with E-state index >= 15 is 0 Å². The van der Waals surface area contributed by atoms with Gasteiger partial charge in [-0.2, -0.15) is 20.3 Å². The molecule has 0 fully saturated rings. The predicted octanol–water partition coefficient (Wildman–Crippen LogP) is 1.98. The van der Waals surface area contributed by atoms with Gasteiger partial charge in [0.2, 0.25) is 0 Å². The molecular formula is C10H9Cl2N5. The highest BCUT2D eigenvalue weighted by Gasteiger charge is 2.20. The van der Waals surface area contributed by atoms with Crippen molar-refractivity contribution in [2.45, 2.75) is 19.0 Å². The van der Waals surface area contributed by atoms with Crippen LogP contribution in [0.1, 0.15) is 6.92 Å². The molecule has 2 N–H and O–H groups in total. The average Bonchev–Trinajstić information content (AvgIpc) is 2.59. The molecule has 2 aromatic rings. The molecule has 88 valence electrons. The van der Waals surface area contributed by atoms with Crippen LogP contribution in [-0.4, -0.2) is 20.5 Å². The van der Waals surface area contributed by atoms with Crippen molar-refractivity contribution in [1.82, 2.24) is 15.0 Å². The average molecular weight is 270 g/mol. The van der Waals surface area contributed by atoms with Crippen molar-refractivity contribution in [3.8, 4) is 6.07 Å². The summed E-state index contributed by atoms with van der Waals surface area (Å²) in [6, 6.07) is 5.24. The van der Waals surface area contributed by atoms with Crippen LogP contribution in [0.4, 0.5) is 0 Å². The summed E-state index contributed by atoms with van der Waals surface area (Å²) in [5, 5.41) is 18.0. The number of nitrogens with zero attached hydrogens (tertiary/aromatic N) is 4. The van der Waals surface area contributed by atoms with Crippen molar-refractivity contribution in [3.05, 3.63) is 22.2 Å². The number of hydrogen-bond donors (Lipinski definition) is 1. The van der Waals surface area contributed by atoms with Crippen molar-refractivity contribution in [2.24, 2.45) is 5.73 Å². The van der Waals surface area contributed by atoms with Crippen molar-refractivity contribution in [2.75, 3.05) is 0 Å². The maximum atomic E-state index is 8.83. The Morgan fingerprint density at radius 3 is 2.24 bits per heavy atom. The fraction of sp³-hybridized carbons (Fsp3) is 0.300. The van der Waals surface area contributed by atoms with Crippen LogP contribution in [0.25, 0.3) is 11.0 Å². The van der Waals surface area contributed by atoms with Gasteiger partial charge >= 0.3 is 0 Å². The molecule has 0 aliphatic rings. The van der Waals surface area contributed by atoms with Gasteiger partial charge in [-0.3, -0.25) is 0 Å². The number of rotatable bonds is 2. The molecule has 7 heteroatoms. The minimum Gasteiger partial charge on any atom is -0.312 e. The van der Waals surface area contributed by atoms with Crippen LogP contribution >= 0.6 is 23.2 Å². The highest BCUT2D eigenvalue weighted by molar-refractivity contribution is 6.42. The minimum atomic E-state index is -1.01. The Labute approximate surface area is 108 Å². The highest BCUT2D eigenvalue weighted by Crippen LogP contribution is 2.25. The molecular weight excluding hydrogens is 261 g/mol. The standard InChI is InChI=1S/C10H9Cl2N5/c1-10(14,4-13)5-17-15-8-2-6(11)7(12)3-9(8)16-17/h2-3H,5,14H2,1H3. The van der Waals surface area contributed by atoms with Gasteiger partial charge < -0.3 is 5.73 Å². The van der Waals surface area contributed by atoms with Gasteiger partial charge in [0, 0.05) is 0 Å². The highest BCUT2D eigenvalue weighted by atomic mass is 35.5. The molecule has 0 aliphatic carbocycles. The molecule has 1 atom stereocenters. The first-order chi connectivity index (χ1) is 7.91. The summed E-state index contributed by atoms with van der Waals surface area (Å²) in [6.07, 6.45) is 0. The van der Waals surface area contributed by atoms with Gasteiger partial charge in [0.05, 0.1) is 22.7 Å². The largest absolute Gasteiger partial charge is 0.312 e. The molecule has 5 nitrogen and oxygen atoms in total. The third-order valence-electron chi connectivity index (χ3n) is 2.19. The normalized spacial score (nSPS) is 14.5. The second-order valence-corrected chi connectivity index (χ2v) is 4.83. The van der Waals surface area contributed by atoms with E-state index in [1.54, 1.807) is 19.1 Å². The number of benzene rings is 1. The Kier molecular flexibility index (Phi) is 2.96. The first kappa shape index (κ1) is 12.1. The van der Waals surface area contributed by atoms with Crippen LogP contribution in [-0.2, 0) is 6.54 Å². The molecule has 0 aliphatic heterocycles. The summed E-state index contributed by atoms with van der Waals surface area (Å²) in [4.78, 5) is 1.38. The Balaban J connectivity index is 2.43. The fourth-order valence-corrected chi connectivity index (χ4v) is 1.67. The summed E-state index contributed by atoms with van der Waals surface area (Å²) in [7, 11) is 0. The summed E-state index contributed by atoms with van der Waals surface area (Å²) in [5.74, 6) is 0. The van der Waals surface area contributed by atoms with Gasteiger partial charge in [0.25, 0.3) is 0 Å². The number of fused-ring (bicyclic) bond motifs is 1. The maximum absolute atomic E-state index is 8.83. The number of hydrogen-bond acceptors (Lipinski definition) is 4. The number of aromatic nitrogens is 3. The van der Waals surface area contributed by atoms with Crippen molar-refractivity contribution >= 4 is 34.2 Å². The summed E-state index contributed by atoms with van der Waals surface area (Å²) >= 11 is 11.7. The van der Waals surface area contributed by atoms with E-state index in [0.29, 0.717) is 21.1 Å². The van der Waals surface area contributed by atoms with Gasteiger partial charge in [0.1, 0.15) is 16.6 Å². The minimum absolute atomic E-state index is 0.202. The van der Waals surface area contributed by atoms with Gasteiger partial charge in [-0.1, -0.05) is 23.2 Å². The lowest BCUT2D eigenvalue weighted by molar-refractivity contribution is 0.423. The van der Waals surface area contributed by atoms with Gasteiger partial charge in [-0.25, -0.2) is 0 Å². The lowest BCUT2D eigenvalue weighted by Crippen LogP contribution is -2.39. The van der Waals surface area contributed by atoms with Crippen LogP contribution in [0.15, 0.2) is 12.1 Å². The Bertz CT molecular complexity index is 572. The molecule has 0 bridgehead atoms. The Morgan fingerprint density at radius 2 is 1.82 bits per heavy atom. The van der Waals surface area contributed by atoms with E-state index in [9.17, 15) is 0 Å². The first-order valence-electron chi connectivity index (χ1n) is 4.81. The van der Waals surface area contributed by atoms with Crippen LogP contribution in [0.3, 0.4) is 0 Å². The van der Waals surface area contributed by atoms with Crippen LogP contribution in [0.5, 0.6) is 0 Å². The van der Waals surface area contributed by atoms with Gasteiger partial charge in [-0.05, 0) is 19.1 Å². The molecule has 1 unspecified atom stereocenters. The maximum Gasteiger partial charge on any atom is 0.122 e. The van der Waals surface area contributed by atoms with E-state index in [0.717, 1.165) is 0 Å². The molecule has 17 heavy (non-hydrogen) atoms. The first-order valence-corrected chi connectivity index (χ1v) is 5.57. The smallest absolute Gasteiger partial charge is 0.122 e. The zero-order valence-electron chi connectivity index (χ0n) is 8.98. The fourth-order valence-electron chi connectivity index (χ4n) is 1.36. The van der Waals surface area contributed by atoms with Crippen molar-refractivity contribution in [1.29, 1.82) is 5.26 Å². The molecule has 2 rings (SSSR count). The lowest BCUT2D eigenvalue weighted by Gasteiger charge is -2.13. The predicted molar refractivity (Wildman–Crippen MR) is 65.8 cm³/mol. The van der Waals surface area contributed by atoms with E-state index in [-0.39, 0.29) is 6.54 Å². The number of halogens is 2. The number of nitrogens with two attached hydrogens (primary N) is 1. The monoisotopic (exact) mass is 269 g/mol.